The molecule has 0 aliphatic carbocycles. The highest BCUT2D eigenvalue weighted by molar-refractivity contribution is 5.60. The Morgan fingerprint density at radius 2 is 2.00 bits per heavy atom. The van der Waals surface area contributed by atoms with Gasteiger partial charge in [0.05, 0.1) is 18.1 Å². The van der Waals surface area contributed by atoms with Crippen molar-refractivity contribution in [2.75, 3.05) is 19.8 Å². The molecule has 0 spiro atoms. The smallest absolute Gasteiger partial charge is 0.433 e. The minimum Gasteiger partial charge on any atom is -0.433 e. The lowest BCUT2D eigenvalue weighted by atomic mass is 9.94. The zero-order valence-electron chi connectivity index (χ0n) is 8.33. The second-order valence-electron chi connectivity index (χ2n) is 4.00. The monoisotopic (exact) mass is 188 g/mol. The van der Waals surface area contributed by atoms with E-state index >= 15 is 0 Å². The molecule has 4 nitrogen and oxygen atoms in total. The van der Waals surface area contributed by atoms with Gasteiger partial charge in [0.1, 0.15) is 13.2 Å². The van der Waals surface area contributed by atoms with Crippen molar-refractivity contribution >= 4 is 6.16 Å². The average molecular weight is 188 g/mol. The molecule has 1 rings (SSSR count). The van der Waals surface area contributed by atoms with Gasteiger partial charge in [-0.15, -0.1) is 0 Å². The second-order valence-corrected chi connectivity index (χ2v) is 4.00. The molecule has 0 aromatic heterocycles. The number of rotatable bonds is 3. The Morgan fingerprint density at radius 3 is 2.46 bits per heavy atom. The summed E-state index contributed by atoms with van der Waals surface area (Å²) in [7, 11) is 0. The number of carbonyl (C=O) groups excluding carboxylic acids is 1. The van der Waals surface area contributed by atoms with E-state index in [1.54, 1.807) is 0 Å². The lowest BCUT2D eigenvalue weighted by molar-refractivity contribution is -0.0938. The van der Waals surface area contributed by atoms with Crippen LogP contribution in [-0.4, -0.2) is 32.1 Å². The van der Waals surface area contributed by atoms with E-state index in [2.05, 4.69) is 0 Å². The molecule has 0 aromatic carbocycles. The second kappa shape index (κ2) is 3.96. The van der Waals surface area contributed by atoms with Crippen molar-refractivity contribution in [2.24, 2.45) is 5.41 Å². The van der Waals surface area contributed by atoms with Gasteiger partial charge in [-0.25, -0.2) is 4.79 Å². The predicted octanol–water partition coefficient (Wildman–Crippen LogP) is 1.58. The van der Waals surface area contributed by atoms with Gasteiger partial charge in [0.2, 0.25) is 0 Å². The van der Waals surface area contributed by atoms with Crippen LogP contribution in [0, 0.1) is 5.41 Å². The standard InChI is InChI=1S/C9H16O4/c1-7(2)11-4-9(3)5-12-8(10)13-6-9/h7H,4-6H2,1-3H3. The molecular formula is C9H16O4. The number of carbonyl (C=O) groups is 1. The molecule has 1 saturated heterocycles. The first kappa shape index (κ1) is 10.3. The Balaban J connectivity index is 2.34. The van der Waals surface area contributed by atoms with Crippen molar-refractivity contribution < 1.29 is 19.0 Å². The molecule has 0 radical (unpaired) electrons. The summed E-state index contributed by atoms with van der Waals surface area (Å²) in [6.07, 6.45) is -0.392. The largest absolute Gasteiger partial charge is 0.508 e. The highest BCUT2D eigenvalue weighted by atomic mass is 16.7. The molecule has 4 heteroatoms. The fourth-order valence-corrected chi connectivity index (χ4v) is 1.00. The summed E-state index contributed by atoms with van der Waals surface area (Å²) >= 11 is 0. The van der Waals surface area contributed by atoms with Gasteiger partial charge in [0, 0.05) is 0 Å². The molecule has 0 atom stereocenters. The third-order valence-corrected chi connectivity index (χ3v) is 1.84. The van der Waals surface area contributed by atoms with Crippen molar-refractivity contribution in [3.63, 3.8) is 0 Å². The summed E-state index contributed by atoms with van der Waals surface area (Å²) in [4.78, 5) is 10.6. The zero-order chi connectivity index (χ0) is 9.90. The van der Waals surface area contributed by atoms with E-state index in [-0.39, 0.29) is 11.5 Å². The van der Waals surface area contributed by atoms with Gasteiger partial charge >= 0.3 is 6.16 Å². The minimum atomic E-state index is -0.581. The Bertz CT molecular complexity index is 178. The molecular weight excluding hydrogens is 172 g/mol. The molecule has 76 valence electrons. The van der Waals surface area contributed by atoms with Crippen molar-refractivity contribution in [1.82, 2.24) is 0 Å². The van der Waals surface area contributed by atoms with E-state index in [0.717, 1.165) is 0 Å². The Labute approximate surface area is 78.2 Å². The number of cyclic esters (lactones) is 2. The van der Waals surface area contributed by atoms with Crippen molar-refractivity contribution in [3.8, 4) is 0 Å². The van der Waals surface area contributed by atoms with Gasteiger partial charge in [-0.1, -0.05) is 6.92 Å². The lowest BCUT2D eigenvalue weighted by Crippen LogP contribution is -2.41. The van der Waals surface area contributed by atoms with Crippen molar-refractivity contribution in [1.29, 1.82) is 0 Å². The van der Waals surface area contributed by atoms with Crippen molar-refractivity contribution in [2.45, 2.75) is 26.9 Å². The van der Waals surface area contributed by atoms with Gasteiger partial charge < -0.3 is 14.2 Å². The average Bonchev–Trinajstić information content (AvgIpc) is 2.08. The van der Waals surface area contributed by atoms with E-state index in [1.807, 2.05) is 20.8 Å². The van der Waals surface area contributed by atoms with Crippen LogP contribution in [0.1, 0.15) is 20.8 Å². The summed E-state index contributed by atoms with van der Waals surface area (Å²) in [5.41, 5.74) is -0.196. The molecule has 0 amide bonds. The first-order valence-corrected chi connectivity index (χ1v) is 4.43. The summed E-state index contributed by atoms with van der Waals surface area (Å²) in [6.45, 7) is 7.22. The summed E-state index contributed by atoms with van der Waals surface area (Å²) in [5, 5.41) is 0. The van der Waals surface area contributed by atoms with Crippen LogP contribution in [0.3, 0.4) is 0 Å². The fraction of sp³-hybridized carbons (Fsp3) is 0.889. The molecule has 1 fully saturated rings. The third-order valence-electron chi connectivity index (χ3n) is 1.84. The lowest BCUT2D eigenvalue weighted by Gasteiger charge is -2.32. The van der Waals surface area contributed by atoms with E-state index in [1.165, 1.54) is 0 Å². The SMILES string of the molecule is CC(C)OCC1(C)COC(=O)OC1. The number of hydrogen-bond acceptors (Lipinski definition) is 4. The zero-order valence-corrected chi connectivity index (χ0v) is 8.33. The van der Waals surface area contributed by atoms with E-state index < -0.39 is 6.16 Å². The first-order valence-electron chi connectivity index (χ1n) is 4.43. The van der Waals surface area contributed by atoms with Gasteiger partial charge in [-0.2, -0.15) is 0 Å². The summed E-state index contributed by atoms with van der Waals surface area (Å²) in [5.74, 6) is 0. The van der Waals surface area contributed by atoms with Gasteiger partial charge in [0.25, 0.3) is 0 Å². The van der Waals surface area contributed by atoms with Crippen molar-refractivity contribution in [3.05, 3.63) is 0 Å². The normalized spacial score (nSPS) is 21.1. The van der Waals surface area contributed by atoms with E-state index in [9.17, 15) is 4.79 Å². The molecule has 0 N–H and O–H groups in total. The van der Waals surface area contributed by atoms with Gasteiger partial charge in [-0.05, 0) is 13.8 Å². The highest BCUT2D eigenvalue weighted by Gasteiger charge is 2.33. The van der Waals surface area contributed by atoms with Crippen LogP contribution in [0.15, 0.2) is 0 Å². The highest BCUT2D eigenvalue weighted by Crippen LogP contribution is 2.22. The Hall–Kier alpha value is -0.770. The van der Waals surface area contributed by atoms with Crippen LogP contribution in [0.4, 0.5) is 4.79 Å². The molecule has 0 saturated carbocycles. The van der Waals surface area contributed by atoms with Crippen LogP contribution in [-0.2, 0) is 14.2 Å². The topological polar surface area (TPSA) is 44.8 Å². The van der Waals surface area contributed by atoms with E-state index in [0.29, 0.717) is 19.8 Å². The van der Waals surface area contributed by atoms with Crippen LogP contribution >= 0.6 is 0 Å². The van der Waals surface area contributed by atoms with Crippen LogP contribution in [0.2, 0.25) is 0 Å². The Kier molecular flexibility index (Phi) is 3.14. The van der Waals surface area contributed by atoms with E-state index in [4.69, 9.17) is 14.2 Å². The Morgan fingerprint density at radius 1 is 1.46 bits per heavy atom. The van der Waals surface area contributed by atoms with Crippen LogP contribution < -0.4 is 0 Å². The predicted molar refractivity (Wildman–Crippen MR) is 46.5 cm³/mol. The molecule has 0 unspecified atom stereocenters. The molecule has 1 aliphatic heterocycles. The minimum absolute atomic E-state index is 0.189. The molecule has 1 heterocycles. The number of hydrogen-bond donors (Lipinski definition) is 0. The quantitative estimate of drug-likeness (QED) is 0.631. The molecule has 1 aliphatic rings. The molecule has 0 aromatic rings. The van der Waals surface area contributed by atoms with Crippen LogP contribution in [0.5, 0.6) is 0 Å². The maximum atomic E-state index is 10.6. The maximum Gasteiger partial charge on any atom is 0.508 e. The summed E-state index contributed by atoms with van der Waals surface area (Å²) in [6, 6.07) is 0. The molecule has 0 bridgehead atoms. The van der Waals surface area contributed by atoms with Gasteiger partial charge in [0.15, 0.2) is 0 Å². The fourth-order valence-electron chi connectivity index (χ4n) is 1.00. The van der Waals surface area contributed by atoms with Crippen LogP contribution in [0.25, 0.3) is 0 Å². The van der Waals surface area contributed by atoms with Gasteiger partial charge in [-0.3, -0.25) is 0 Å². The molecule has 13 heavy (non-hydrogen) atoms. The maximum absolute atomic E-state index is 10.6. The summed E-state index contributed by atoms with van der Waals surface area (Å²) < 4.78 is 15.0. The first-order chi connectivity index (χ1) is 6.02. The third kappa shape index (κ3) is 3.22. The number of ether oxygens (including phenoxy) is 3.